The largest absolute Gasteiger partial charge is 0.482 e. The van der Waals surface area contributed by atoms with Crippen molar-refractivity contribution in [2.24, 2.45) is 0 Å². The second-order valence-electron chi connectivity index (χ2n) is 4.50. The molecule has 2 N–H and O–H groups in total. The smallest absolute Gasteiger partial charge is 0.258 e. The zero-order chi connectivity index (χ0) is 14.4. The Morgan fingerprint density at radius 1 is 1.50 bits per heavy atom. The van der Waals surface area contributed by atoms with Gasteiger partial charge in [0.15, 0.2) is 6.61 Å². The van der Waals surface area contributed by atoms with Crippen LogP contribution in [0, 0.1) is 11.3 Å². The van der Waals surface area contributed by atoms with Crippen LogP contribution in [0.4, 0.5) is 0 Å². The molecule has 2 amide bonds. The summed E-state index contributed by atoms with van der Waals surface area (Å²) in [5.41, 5.74) is 0.394. The van der Waals surface area contributed by atoms with Gasteiger partial charge in [-0.05, 0) is 18.6 Å². The average Bonchev–Trinajstić information content (AvgIpc) is 2.48. The van der Waals surface area contributed by atoms with Gasteiger partial charge in [0.1, 0.15) is 11.8 Å². The molecule has 0 bridgehead atoms. The van der Waals surface area contributed by atoms with Crippen molar-refractivity contribution in [2.75, 3.05) is 13.2 Å². The third kappa shape index (κ3) is 3.72. The summed E-state index contributed by atoms with van der Waals surface area (Å²) >= 11 is 0. The Morgan fingerprint density at radius 2 is 2.30 bits per heavy atom. The Kier molecular flexibility index (Phi) is 4.56. The first-order valence-corrected chi connectivity index (χ1v) is 6.37. The van der Waals surface area contributed by atoms with E-state index in [0.29, 0.717) is 30.7 Å². The number of hydrogen-bond acceptors (Lipinski definition) is 4. The molecule has 104 valence electrons. The van der Waals surface area contributed by atoms with Crippen molar-refractivity contribution in [3.8, 4) is 11.8 Å². The number of para-hydroxylation sites is 1. The SMILES string of the molecule is N#Cc1ccccc1OCC(=O)NC1CCC(=O)NC1. The standard InChI is InChI=1S/C14H15N3O3/c15-7-10-3-1-2-4-12(10)20-9-14(19)17-11-5-6-13(18)16-8-11/h1-4,11H,5-6,8-9H2,(H,16,18)(H,17,19). The molecule has 6 nitrogen and oxygen atoms in total. The van der Waals surface area contributed by atoms with Gasteiger partial charge in [0.05, 0.1) is 5.56 Å². The van der Waals surface area contributed by atoms with Gasteiger partial charge in [-0.3, -0.25) is 9.59 Å². The molecule has 1 aromatic rings. The van der Waals surface area contributed by atoms with Gasteiger partial charge >= 0.3 is 0 Å². The van der Waals surface area contributed by atoms with E-state index in [1.165, 1.54) is 0 Å². The highest BCUT2D eigenvalue weighted by atomic mass is 16.5. The molecular formula is C14H15N3O3. The van der Waals surface area contributed by atoms with Crippen molar-refractivity contribution in [1.82, 2.24) is 10.6 Å². The zero-order valence-corrected chi connectivity index (χ0v) is 10.9. The van der Waals surface area contributed by atoms with Gasteiger partial charge in [-0.1, -0.05) is 12.1 Å². The van der Waals surface area contributed by atoms with Gasteiger partial charge < -0.3 is 15.4 Å². The predicted octanol–water partition coefficient (Wildman–Crippen LogP) is 0.332. The van der Waals surface area contributed by atoms with Gasteiger partial charge in [0.25, 0.3) is 5.91 Å². The molecule has 0 radical (unpaired) electrons. The first-order valence-electron chi connectivity index (χ1n) is 6.37. The maximum absolute atomic E-state index is 11.7. The molecule has 2 rings (SSSR count). The summed E-state index contributed by atoms with van der Waals surface area (Å²) in [5.74, 6) is 0.135. The van der Waals surface area contributed by atoms with E-state index in [4.69, 9.17) is 10.00 Å². The highest BCUT2D eigenvalue weighted by Gasteiger charge is 2.19. The molecule has 1 saturated heterocycles. The number of nitriles is 1. The number of hydrogen-bond donors (Lipinski definition) is 2. The highest BCUT2D eigenvalue weighted by Crippen LogP contribution is 2.16. The number of ether oxygens (including phenoxy) is 1. The predicted molar refractivity (Wildman–Crippen MR) is 70.8 cm³/mol. The van der Waals surface area contributed by atoms with Crippen LogP contribution in [0.1, 0.15) is 18.4 Å². The van der Waals surface area contributed by atoms with E-state index >= 15 is 0 Å². The number of carbonyl (C=O) groups excluding carboxylic acids is 2. The lowest BCUT2D eigenvalue weighted by atomic mass is 10.1. The molecule has 0 saturated carbocycles. The summed E-state index contributed by atoms with van der Waals surface area (Å²) < 4.78 is 5.33. The normalized spacial score (nSPS) is 17.8. The fraction of sp³-hybridized carbons (Fsp3) is 0.357. The second-order valence-corrected chi connectivity index (χ2v) is 4.50. The quantitative estimate of drug-likeness (QED) is 0.827. The van der Waals surface area contributed by atoms with Gasteiger partial charge in [-0.15, -0.1) is 0 Å². The van der Waals surface area contributed by atoms with Gasteiger partial charge in [0, 0.05) is 19.0 Å². The van der Waals surface area contributed by atoms with E-state index < -0.39 is 0 Å². The molecule has 0 aromatic heterocycles. The van der Waals surface area contributed by atoms with Crippen molar-refractivity contribution in [3.05, 3.63) is 29.8 Å². The third-order valence-corrected chi connectivity index (χ3v) is 3.00. The van der Waals surface area contributed by atoms with Crippen LogP contribution in [0.2, 0.25) is 0 Å². The number of rotatable bonds is 4. The van der Waals surface area contributed by atoms with Crippen LogP contribution in [0.5, 0.6) is 5.75 Å². The molecule has 1 atom stereocenters. The Bertz CT molecular complexity index is 541. The molecular weight excluding hydrogens is 258 g/mol. The molecule has 0 aliphatic carbocycles. The minimum atomic E-state index is -0.265. The summed E-state index contributed by atoms with van der Waals surface area (Å²) in [4.78, 5) is 22.7. The van der Waals surface area contributed by atoms with Crippen LogP contribution < -0.4 is 15.4 Å². The summed E-state index contributed by atoms with van der Waals surface area (Å²) in [5, 5.41) is 14.4. The Balaban J connectivity index is 1.80. The summed E-state index contributed by atoms with van der Waals surface area (Å²) in [7, 11) is 0. The molecule has 1 unspecified atom stereocenters. The molecule has 1 aromatic carbocycles. The highest BCUT2D eigenvalue weighted by molar-refractivity contribution is 5.79. The maximum Gasteiger partial charge on any atom is 0.258 e. The van der Waals surface area contributed by atoms with Crippen LogP contribution >= 0.6 is 0 Å². The fourth-order valence-corrected chi connectivity index (χ4v) is 1.95. The summed E-state index contributed by atoms with van der Waals surface area (Å²) in [6.07, 6.45) is 1.05. The molecule has 20 heavy (non-hydrogen) atoms. The number of amides is 2. The van der Waals surface area contributed by atoms with Crippen LogP contribution in [-0.4, -0.2) is 31.0 Å². The Labute approximate surface area is 116 Å². The molecule has 1 aliphatic heterocycles. The van der Waals surface area contributed by atoms with Gasteiger partial charge in [-0.25, -0.2) is 0 Å². The molecule has 1 heterocycles. The molecule has 6 heteroatoms. The average molecular weight is 273 g/mol. The lowest BCUT2D eigenvalue weighted by Gasteiger charge is -2.23. The van der Waals surface area contributed by atoms with Crippen LogP contribution in [0.25, 0.3) is 0 Å². The van der Waals surface area contributed by atoms with E-state index in [0.717, 1.165) is 0 Å². The maximum atomic E-state index is 11.7. The van der Waals surface area contributed by atoms with Crippen molar-refractivity contribution in [3.63, 3.8) is 0 Å². The lowest BCUT2D eigenvalue weighted by molar-refractivity contribution is -0.126. The molecule has 1 fully saturated rings. The Morgan fingerprint density at radius 3 is 3.00 bits per heavy atom. The summed E-state index contributed by atoms with van der Waals surface area (Å²) in [6.45, 7) is 0.294. The Hall–Kier alpha value is -2.55. The zero-order valence-electron chi connectivity index (χ0n) is 10.9. The minimum absolute atomic E-state index is 0.00898. The van der Waals surface area contributed by atoms with Crippen LogP contribution in [-0.2, 0) is 9.59 Å². The van der Waals surface area contributed by atoms with Crippen molar-refractivity contribution >= 4 is 11.8 Å². The number of nitrogens with one attached hydrogen (secondary N) is 2. The van der Waals surface area contributed by atoms with Gasteiger partial charge in [-0.2, -0.15) is 5.26 Å². The number of piperidine rings is 1. The number of nitrogens with zero attached hydrogens (tertiary/aromatic N) is 1. The van der Waals surface area contributed by atoms with Crippen molar-refractivity contribution in [1.29, 1.82) is 5.26 Å². The van der Waals surface area contributed by atoms with Crippen molar-refractivity contribution in [2.45, 2.75) is 18.9 Å². The monoisotopic (exact) mass is 273 g/mol. The van der Waals surface area contributed by atoms with Crippen LogP contribution in [0.3, 0.4) is 0 Å². The third-order valence-electron chi connectivity index (χ3n) is 3.00. The number of carbonyl (C=O) groups is 2. The van der Waals surface area contributed by atoms with Crippen molar-refractivity contribution < 1.29 is 14.3 Å². The minimum Gasteiger partial charge on any atom is -0.482 e. The first kappa shape index (κ1) is 13.9. The van der Waals surface area contributed by atoms with E-state index in [9.17, 15) is 9.59 Å². The fourth-order valence-electron chi connectivity index (χ4n) is 1.95. The first-order chi connectivity index (χ1) is 9.69. The lowest BCUT2D eigenvalue weighted by Crippen LogP contribution is -2.48. The van der Waals surface area contributed by atoms with E-state index in [-0.39, 0.29) is 24.5 Å². The molecule has 1 aliphatic rings. The van der Waals surface area contributed by atoms with Crippen LogP contribution in [0.15, 0.2) is 24.3 Å². The number of benzene rings is 1. The second kappa shape index (κ2) is 6.57. The topological polar surface area (TPSA) is 91.2 Å². The molecule has 0 spiro atoms. The van der Waals surface area contributed by atoms with E-state index in [1.807, 2.05) is 6.07 Å². The summed E-state index contributed by atoms with van der Waals surface area (Å²) in [6, 6.07) is 8.69. The van der Waals surface area contributed by atoms with E-state index in [1.54, 1.807) is 24.3 Å². The van der Waals surface area contributed by atoms with Gasteiger partial charge in [0.2, 0.25) is 5.91 Å². The van der Waals surface area contributed by atoms with E-state index in [2.05, 4.69) is 10.6 Å².